The highest BCUT2D eigenvalue weighted by Crippen LogP contribution is 2.15. The first-order valence-electron chi connectivity index (χ1n) is 9.12. The molecule has 5 nitrogen and oxygen atoms in total. The molecule has 5 heteroatoms. The number of aromatic nitrogens is 3. The van der Waals surface area contributed by atoms with Gasteiger partial charge in [0.2, 0.25) is 5.78 Å². The van der Waals surface area contributed by atoms with Crippen LogP contribution in [0.3, 0.4) is 0 Å². The molecule has 0 bridgehead atoms. The quantitative estimate of drug-likeness (QED) is 0.354. The van der Waals surface area contributed by atoms with Gasteiger partial charge in [0.05, 0.1) is 28.4 Å². The van der Waals surface area contributed by atoms with Crippen LogP contribution >= 0.6 is 0 Å². The molecule has 0 aliphatic heterocycles. The Bertz CT molecular complexity index is 1480. The lowest BCUT2D eigenvalue weighted by molar-refractivity contribution is 0.760. The molecule has 0 amide bonds. The zero-order valence-electron chi connectivity index (χ0n) is 15.3. The summed E-state index contributed by atoms with van der Waals surface area (Å²) in [5.74, 6) is 0.355. The lowest BCUT2D eigenvalue weighted by Crippen LogP contribution is -2.29. The summed E-state index contributed by atoms with van der Waals surface area (Å²) < 4.78 is 3.13. The summed E-state index contributed by atoms with van der Waals surface area (Å²) in [6.45, 7) is 2.37. The van der Waals surface area contributed by atoms with Crippen LogP contribution in [-0.4, -0.2) is 14.0 Å². The van der Waals surface area contributed by atoms with Gasteiger partial charge in [-0.15, -0.1) is 0 Å². The van der Waals surface area contributed by atoms with Crippen molar-refractivity contribution >= 4 is 27.6 Å². The number of benzene rings is 3. The van der Waals surface area contributed by atoms with Crippen molar-refractivity contribution in [3.63, 3.8) is 0 Å². The topological polar surface area (TPSA) is 56.4 Å². The molecule has 5 rings (SSSR count). The summed E-state index contributed by atoms with van der Waals surface area (Å²) in [6, 6.07) is 22.4. The summed E-state index contributed by atoms with van der Waals surface area (Å²) in [5, 5.41) is 1.03. The van der Waals surface area contributed by atoms with Gasteiger partial charge in [0.1, 0.15) is 0 Å². The van der Waals surface area contributed by atoms with Gasteiger partial charge < -0.3 is 0 Å². The smallest absolute Gasteiger partial charge is 0.267 e. The second kappa shape index (κ2) is 6.16. The van der Waals surface area contributed by atoms with E-state index >= 15 is 0 Å². The van der Waals surface area contributed by atoms with Gasteiger partial charge in [-0.2, -0.15) is 0 Å². The Kier molecular flexibility index (Phi) is 3.62. The van der Waals surface area contributed by atoms with Gasteiger partial charge in [0.15, 0.2) is 0 Å². The Morgan fingerprint density at radius 1 is 0.786 bits per heavy atom. The molecule has 0 aliphatic carbocycles. The zero-order chi connectivity index (χ0) is 19.3. The van der Waals surface area contributed by atoms with Crippen molar-refractivity contribution < 1.29 is 0 Å². The maximum absolute atomic E-state index is 13.3. The minimum atomic E-state index is -0.172. The van der Waals surface area contributed by atoms with Crippen LogP contribution in [0.15, 0.2) is 82.4 Å². The molecule has 0 fully saturated rings. The third kappa shape index (κ3) is 2.44. The number of nitrogens with zero attached hydrogens (tertiary/aromatic N) is 3. The first-order chi connectivity index (χ1) is 13.6. The van der Waals surface area contributed by atoms with E-state index in [0.717, 1.165) is 11.1 Å². The molecule has 136 valence electrons. The average Bonchev–Trinajstić information content (AvgIpc) is 2.72. The SMILES string of the molecule is Cc1ccc(Cn2c(=O)c3ccccc3n3c(=O)c4ccccc4nc23)cc1. The second-order valence-corrected chi connectivity index (χ2v) is 6.96. The van der Waals surface area contributed by atoms with E-state index in [4.69, 9.17) is 0 Å². The van der Waals surface area contributed by atoms with Crippen molar-refractivity contribution in [2.75, 3.05) is 0 Å². The van der Waals surface area contributed by atoms with Crippen molar-refractivity contribution in [2.45, 2.75) is 13.5 Å². The van der Waals surface area contributed by atoms with E-state index in [1.165, 1.54) is 0 Å². The molecule has 2 aromatic heterocycles. The summed E-state index contributed by atoms with van der Waals surface area (Å²) in [7, 11) is 0. The number of fused-ring (bicyclic) bond motifs is 4. The number of hydrogen-bond donors (Lipinski definition) is 0. The number of hydrogen-bond acceptors (Lipinski definition) is 3. The maximum atomic E-state index is 13.3. The van der Waals surface area contributed by atoms with E-state index in [1.807, 2.05) is 55.5 Å². The molecular formula is C23H17N3O2. The normalized spacial score (nSPS) is 11.5. The Hall–Kier alpha value is -3.73. The fourth-order valence-corrected chi connectivity index (χ4v) is 3.62. The lowest BCUT2D eigenvalue weighted by Gasteiger charge is -2.14. The molecule has 0 N–H and O–H groups in total. The van der Waals surface area contributed by atoms with Crippen LogP contribution in [0.5, 0.6) is 0 Å². The van der Waals surface area contributed by atoms with Crippen LogP contribution < -0.4 is 11.1 Å². The van der Waals surface area contributed by atoms with Gasteiger partial charge in [-0.3, -0.25) is 14.2 Å². The summed E-state index contributed by atoms with van der Waals surface area (Å²) in [4.78, 5) is 31.2. The number of rotatable bonds is 2. The highest BCUT2D eigenvalue weighted by atomic mass is 16.1. The number of para-hydroxylation sites is 2. The van der Waals surface area contributed by atoms with Crippen molar-refractivity contribution in [1.82, 2.24) is 14.0 Å². The predicted molar refractivity (Wildman–Crippen MR) is 111 cm³/mol. The maximum Gasteiger partial charge on any atom is 0.267 e. The monoisotopic (exact) mass is 367 g/mol. The van der Waals surface area contributed by atoms with E-state index in [2.05, 4.69) is 4.98 Å². The molecule has 2 heterocycles. The van der Waals surface area contributed by atoms with Crippen LogP contribution in [0.25, 0.3) is 27.6 Å². The van der Waals surface area contributed by atoms with Gasteiger partial charge in [0, 0.05) is 0 Å². The molecule has 0 unspecified atom stereocenters. The zero-order valence-corrected chi connectivity index (χ0v) is 15.3. The van der Waals surface area contributed by atoms with Gasteiger partial charge in [-0.25, -0.2) is 9.38 Å². The fraction of sp³-hybridized carbons (Fsp3) is 0.0870. The first-order valence-corrected chi connectivity index (χ1v) is 9.12. The Labute approximate surface area is 160 Å². The van der Waals surface area contributed by atoms with Crippen molar-refractivity contribution in [2.24, 2.45) is 0 Å². The van der Waals surface area contributed by atoms with E-state index in [1.54, 1.807) is 33.2 Å². The Morgan fingerprint density at radius 3 is 2.25 bits per heavy atom. The summed E-state index contributed by atoms with van der Waals surface area (Å²) in [5.41, 5.74) is 2.96. The third-order valence-electron chi connectivity index (χ3n) is 5.08. The van der Waals surface area contributed by atoms with E-state index in [-0.39, 0.29) is 11.1 Å². The van der Waals surface area contributed by atoms with Crippen LogP contribution in [0, 0.1) is 6.92 Å². The largest absolute Gasteiger partial charge is 0.273 e. The minimum Gasteiger partial charge on any atom is -0.273 e. The highest BCUT2D eigenvalue weighted by Gasteiger charge is 2.15. The summed E-state index contributed by atoms with van der Waals surface area (Å²) in [6.07, 6.45) is 0. The predicted octanol–water partition coefficient (Wildman–Crippen LogP) is 3.52. The summed E-state index contributed by atoms with van der Waals surface area (Å²) >= 11 is 0. The van der Waals surface area contributed by atoms with Gasteiger partial charge >= 0.3 is 0 Å². The first kappa shape index (κ1) is 16.4. The lowest BCUT2D eigenvalue weighted by atomic mass is 10.1. The molecule has 0 saturated carbocycles. The Balaban J connectivity index is 1.95. The second-order valence-electron chi connectivity index (χ2n) is 6.96. The van der Waals surface area contributed by atoms with Crippen LogP contribution in [-0.2, 0) is 6.54 Å². The van der Waals surface area contributed by atoms with Crippen LogP contribution in [0.1, 0.15) is 11.1 Å². The number of aryl methyl sites for hydroxylation is 1. The highest BCUT2D eigenvalue weighted by molar-refractivity contribution is 5.84. The molecule has 0 saturated heterocycles. The van der Waals surface area contributed by atoms with E-state index in [0.29, 0.717) is 34.1 Å². The van der Waals surface area contributed by atoms with Gasteiger partial charge in [-0.1, -0.05) is 54.1 Å². The molecule has 0 atom stereocenters. The Morgan fingerprint density at radius 2 is 1.46 bits per heavy atom. The van der Waals surface area contributed by atoms with Gasteiger partial charge in [0.25, 0.3) is 11.1 Å². The third-order valence-corrected chi connectivity index (χ3v) is 5.08. The standard InChI is InChI=1S/C23H17N3O2/c1-15-10-12-16(13-11-15)14-25-21(27)18-7-3-5-9-20(18)26-22(28)17-6-2-4-8-19(17)24-23(25)26/h2-13H,14H2,1H3. The fourth-order valence-electron chi connectivity index (χ4n) is 3.62. The molecule has 28 heavy (non-hydrogen) atoms. The molecule has 0 aliphatic rings. The molecule has 0 spiro atoms. The molecular weight excluding hydrogens is 350 g/mol. The minimum absolute atomic E-state index is 0.154. The molecule has 3 aromatic carbocycles. The van der Waals surface area contributed by atoms with Crippen molar-refractivity contribution in [3.05, 3.63) is 105 Å². The van der Waals surface area contributed by atoms with Crippen molar-refractivity contribution in [1.29, 1.82) is 0 Å². The average molecular weight is 367 g/mol. The van der Waals surface area contributed by atoms with E-state index in [9.17, 15) is 9.59 Å². The van der Waals surface area contributed by atoms with Crippen LogP contribution in [0.2, 0.25) is 0 Å². The molecule has 0 radical (unpaired) electrons. The van der Waals surface area contributed by atoms with Crippen molar-refractivity contribution in [3.8, 4) is 0 Å². The van der Waals surface area contributed by atoms with Crippen LogP contribution in [0.4, 0.5) is 0 Å². The van der Waals surface area contributed by atoms with Gasteiger partial charge in [-0.05, 0) is 36.8 Å². The molecule has 5 aromatic rings. The van der Waals surface area contributed by atoms with E-state index < -0.39 is 0 Å².